The van der Waals surface area contributed by atoms with Gasteiger partial charge >= 0.3 is 0 Å². The lowest BCUT2D eigenvalue weighted by molar-refractivity contribution is -0.120. The van der Waals surface area contributed by atoms with Crippen molar-refractivity contribution in [2.45, 2.75) is 6.42 Å². The van der Waals surface area contributed by atoms with Crippen LogP contribution in [-0.4, -0.2) is 26.3 Å². The number of hydrazone groups is 1. The quantitative estimate of drug-likeness (QED) is 0.371. The summed E-state index contributed by atoms with van der Waals surface area (Å²) in [6.45, 7) is 0. The average molecular weight is 503 g/mol. The number of nitrogens with zero attached hydrogens (tertiary/aromatic N) is 1. The van der Waals surface area contributed by atoms with E-state index in [1.165, 1.54) is 0 Å². The highest BCUT2D eigenvalue weighted by molar-refractivity contribution is 14.1. The minimum atomic E-state index is -0.177. The molecule has 0 saturated carbocycles. The number of carbonyl (C=O) groups is 1. The molecular weight excluding hydrogens is 487 g/mol. The Bertz CT molecular complexity index is 748. The molecule has 0 fully saturated rings. The largest absolute Gasteiger partial charge is 0.493 e. The fraction of sp³-hybridized carbons (Fsp3) is 0.176. The predicted molar refractivity (Wildman–Crippen MR) is 106 cm³/mol. The zero-order valence-corrected chi connectivity index (χ0v) is 16.9. The molecule has 2 aromatic carbocycles. The maximum atomic E-state index is 11.9. The molecule has 2 rings (SSSR count). The molecule has 0 aliphatic rings. The molecule has 0 aliphatic heterocycles. The van der Waals surface area contributed by atoms with E-state index in [4.69, 9.17) is 9.47 Å². The van der Waals surface area contributed by atoms with Crippen LogP contribution in [0.4, 0.5) is 0 Å². The average Bonchev–Trinajstić information content (AvgIpc) is 2.56. The van der Waals surface area contributed by atoms with Gasteiger partial charge in [-0.25, -0.2) is 5.43 Å². The SMILES string of the molecule is COc1cc(/C=N\NC(=O)Cc2ccc(Br)cc2)cc(I)c1OC. The van der Waals surface area contributed by atoms with Crippen molar-refractivity contribution in [2.75, 3.05) is 14.2 Å². The molecule has 0 bridgehead atoms. The molecule has 0 heterocycles. The van der Waals surface area contributed by atoms with Crippen LogP contribution in [-0.2, 0) is 11.2 Å². The predicted octanol–water partition coefficient (Wildman–Crippen LogP) is 3.76. The summed E-state index contributed by atoms with van der Waals surface area (Å²) in [4.78, 5) is 11.9. The lowest BCUT2D eigenvalue weighted by Gasteiger charge is -2.10. The summed E-state index contributed by atoms with van der Waals surface area (Å²) < 4.78 is 12.5. The molecule has 7 heteroatoms. The Morgan fingerprint density at radius 2 is 1.96 bits per heavy atom. The molecule has 0 saturated heterocycles. The fourth-order valence-corrected chi connectivity index (χ4v) is 3.13. The molecule has 5 nitrogen and oxygen atoms in total. The molecule has 0 atom stereocenters. The van der Waals surface area contributed by atoms with E-state index >= 15 is 0 Å². The maximum absolute atomic E-state index is 11.9. The van der Waals surface area contributed by atoms with Crippen LogP contribution in [0.2, 0.25) is 0 Å². The first-order valence-electron chi connectivity index (χ1n) is 7.01. The van der Waals surface area contributed by atoms with Crippen molar-refractivity contribution in [1.82, 2.24) is 5.43 Å². The molecule has 24 heavy (non-hydrogen) atoms. The van der Waals surface area contributed by atoms with Gasteiger partial charge in [0.05, 0.1) is 30.4 Å². The monoisotopic (exact) mass is 502 g/mol. The van der Waals surface area contributed by atoms with Crippen LogP contribution in [0, 0.1) is 3.57 Å². The van der Waals surface area contributed by atoms with Crippen LogP contribution in [0.15, 0.2) is 46.0 Å². The van der Waals surface area contributed by atoms with Crippen molar-refractivity contribution in [3.63, 3.8) is 0 Å². The van der Waals surface area contributed by atoms with Gasteiger partial charge in [0.25, 0.3) is 0 Å². The minimum absolute atomic E-state index is 0.177. The highest BCUT2D eigenvalue weighted by atomic mass is 127. The third-order valence-corrected chi connectivity index (χ3v) is 4.47. The molecular formula is C17H16BrIN2O3. The summed E-state index contributed by atoms with van der Waals surface area (Å²) in [5, 5.41) is 3.99. The highest BCUT2D eigenvalue weighted by Gasteiger charge is 2.09. The third kappa shape index (κ3) is 5.20. The lowest BCUT2D eigenvalue weighted by Crippen LogP contribution is -2.19. The highest BCUT2D eigenvalue weighted by Crippen LogP contribution is 2.32. The van der Waals surface area contributed by atoms with Crippen LogP contribution in [0.25, 0.3) is 0 Å². The Morgan fingerprint density at radius 3 is 2.58 bits per heavy atom. The number of nitrogens with one attached hydrogen (secondary N) is 1. The Morgan fingerprint density at radius 1 is 1.25 bits per heavy atom. The Labute approximate surface area is 162 Å². The number of amides is 1. The summed E-state index contributed by atoms with van der Waals surface area (Å²) in [5.41, 5.74) is 4.25. The van der Waals surface area contributed by atoms with E-state index in [1.807, 2.05) is 30.3 Å². The number of halogens is 2. The molecule has 1 amide bonds. The second-order valence-electron chi connectivity index (χ2n) is 4.83. The molecule has 1 N–H and O–H groups in total. The first-order chi connectivity index (χ1) is 11.5. The molecule has 0 aromatic heterocycles. The number of hydrogen-bond acceptors (Lipinski definition) is 4. The number of ether oxygens (including phenoxy) is 2. The van der Waals surface area contributed by atoms with Gasteiger partial charge in [-0.05, 0) is 58.0 Å². The van der Waals surface area contributed by atoms with E-state index in [0.717, 1.165) is 19.2 Å². The Balaban J connectivity index is 1.99. The van der Waals surface area contributed by atoms with Gasteiger partial charge in [0.15, 0.2) is 11.5 Å². The van der Waals surface area contributed by atoms with E-state index in [-0.39, 0.29) is 12.3 Å². The van der Waals surface area contributed by atoms with Crippen LogP contribution in [0.5, 0.6) is 11.5 Å². The zero-order chi connectivity index (χ0) is 17.5. The van der Waals surface area contributed by atoms with Crippen LogP contribution in [0.3, 0.4) is 0 Å². The number of benzene rings is 2. The Kier molecular flexibility index (Phi) is 7.04. The van der Waals surface area contributed by atoms with Gasteiger partial charge in [0.1, 0.15) is 0 Å². The molecule has 0 radical (unpaired) electrons. The van der Waals surface area contributed by atoms with Gasteiger partial charge in [-0.1, -0.05) is 28.1 Å². The normalized spacial score (nSPS) is 10.7. The summed E-state index contributed by atoms with van der Waals surface area (Å²) in [6, 6.07) is 11.3. The maximum Gasteiger partial charge on any atom is 0.244 e. The number of rotatable bonds is 6. The van der Waals surface area contributed by atoms with Gasteiger partial charge in [0.2, 0.25) is 5.91 Å². The van der Waals surface area contributed by atoms with Crippen LogP contribution < -0.4 is 14.9 Å². The van der Waals surface area contributed by atoms with Crippen molar-refractivity contribution < 1.29 is 14.3 Å². The van der Waals surface area contributed by atoms with Crippen molar-refractivity contribution in [2.24, 2.45) is 5.10 Å². The van der Waals surface area contributed by atoms with Gasteiger partial charge < -0.3 is 9.47 Å². The van der Waals surface area contributed by atoms with Crippen molar-refractivity contribution >= 4 is 50.6 Å². The van der Waals surface area contributed by atoms with Gasteiger partial charge in [-0.2, -0.15) is 5.10 Å². The molecule has 126 valence electrons. The summed E-state index contributed by atoms with van der Waals surface area (Å²) in [7, 11) is 3.17. The standard InChI is InChI=1S/C17H16BrIN2O3/c1-23-15-8-12(7-14(19)17(15)24-2)10-20-21-16(22)9-11-3-5-13(18)6-4-11/h3-8,10H,9H2,1-2H3,(H,21,22)/b20-10-. The van der Waals surface area contributed by atoms with Crippen molar-refractivity contribution in [3.05, 3.63) is 55.6 Å². The topological polar surface area (TPSA) is 59.9 Å². The minimum Gasteiger partial charge on any atom is -0.493 e. The van der Waals surface area contributed by atoms with Gasteiger partial charge in [-0.15, -0.1) is 0 Å². The second kappa shape index (κ2) is 9.03. The molecule has 2 aromatic rings. The first kappa shape index (κ1) is 18.7. The smallest absolute Gasteiger partial charge is 0.244 e. The third-order valence-electron chi connectivity index (χ3n) is 3.14. The first-order valence-corrected chi connectivity index (χ1v) is 8.88. The number of carbonyl (C=O) groups excluding carboxylic acids is 1. The van der Waals surface area contributed by atoms with E-state index in [0.29, 0.717) is 11.5 Å². The van der Waals surface area contributed by atoms with E-state index in [2.05, 4.69) is 49.0 Å². The lowest BCUT2D eigenvalue weighted by atomic mass is 10.1. The van der Waals surface area contributed by atoms with Gasteiger partial charge in [0, 0.05) is 4.47 Å². The van der Waals surface area contributed by atoms with Crippen molar-refractivity contribution in [1.29, 1.82) is 0 Å². The summed E-state index contributed by atoms with van der Waals surface area (Å²) in [6.07, 6.45) is 1.84. The number of methoxy groups -OCH3 is 2. The molecule has 0 unspecified atom stereocenters. The number of hydrogen-bond donors (Lipinski definition) is 1. The van der Waals surface area contributed by atoms with Gasteiger partial charge in [-0.3, -0.25) is 4.79 Å². The zero-order valence-electron chi connectivity index (χ0n) is 13.2. The van der Waals surface area contributed by atoms with E-state index < -0.39 is 0 Å². The molecule has 0 aliphatic carbocycles. The van der Waals surface area contributed by atoms with E-state index in [9.17, 15) is 4.79 Å². The molecule has 0 spiro atoms. The van der Waals surface area contributed by atoms with E-state index in [1.54, 1.807) is 26.5 Å². The van der Waals surface area contributed by atoms with Crippen LogP contribution in [0.1, 0.15) is 11.1 Å². The second-order valence-corrected chi connectivity index (χ2v) is 6.91. The van der Waals surface area contributed by atoms with Crippen LogP contribution >= 0.6 is 38.5 Å². The Hall–Kier alpha value is -1.61. The summed E-state index contributed by atoms with van der Waals surface area (Å²) >= 11 is 5.52. The van der Waals surface area contributed by atoms with Crippen molar-refractivity contribution in [3.8, 4) is 11.5 Å². The fourth-order valence-electron chi connectivity index (χ4n) is 2.02. The summed E-state index contributed by atoms with van der Waals surface area (Å²) in [5.74, 6) is 1.12.